The smallest absolute Gasteiger partial charge is 0.259 e. The van der Waals surface area contributed by atoms with E-state index in [0.29, 0.717) is 28.7 Å². The number of rotatable bonds is 6. The van der Waals surface area contributed by atoms with Crippen molar-refractivity contribution in [3.05, 3.63) is 71.3 Å². The van der Waals surface area contributed by atoms with Gasteiger partial charge in [-0.1, -0.05) is 19.9 Å². The number of amides is 1. The number of nitrogens with one attached hydrogen (secondary N) is 2. The van der Waals surface area contributed by atoms with Gasteiger partial charge in [0.1, 0.15) is 23.2 Å². The maximum Gasteiger partial charge on any atom is 0.259 e. The molecule has 33 heavy (non-hydrogen) atoms. The summed E-state index contributed by atoms with van der Waals surface area (Å²) in [4.78, 5) is 22.9. The van der Waals surface area contributed by atoms with Gasteiger partial charge in [0.2, 0.25) is 0 Å². The minimum Gasteiger partial charge on any atom is -0.323 e. The molecule has 0 unspecified atom stereocenters. The second kappa shape index (κ2) is 8.23. The van der Waals surface area contributed by atoms with E-state index in [2.05, 4.69) is 25.5 Å². The molecule has 1 aromatic carbocycles. The number of carbonyl (C=O) groups is 1. The SMILES string of the molecule is [2H]n1c(-c2cccc(NC(=O)c3cc(-n4cnc(C5CC5)c4)c(C)cc3F)n2)nnc1C(C)C. The van der Waals surface area contributed by atoms with Gasteiger partial charge in [-0.25, -0.2) is 14.4 Å². The van der Waals surface area contributed by atoms with E-state index in [1.807, 2.05) is 24.6 Å². The highest BCUT2D eigenvalue weighted by Gasteiger charge is 2.26. The maximum atomic E-state index is 14.8. The van der Waals surface area contributed by atoms with Crippen LogP contribution in [-0.4, -0.2) is 35.6 Å². The number of carbonyl (C=O) groups excluding carboxylic acids is 1. The third kappa shape index (κ3) is 4.26. The lowest BCUT2D eigenvalue weighted by molar-refractivity contribution is 0.102. The number of anilines is 1. The fourth-order valence-electron chi connectivity index (χ4n) is 3.59. The van der Waals surface area contributed by atoms with Crippen LogP contribution in [0.5, 0.6) is 0 Å². The third-order valence-electron chi connectivity index (χ3n) is 5.61. The molecule has 0 radical (unpaired) electrons. The molecule has 8 nitrogen and oxygen atoms in total. The minimum absolute atomic E-state index is 0.0243. The molecule has 9 heteroatoms. The number of hydrogen-bond acceptors (Lipinski definition) is 5. The van der Waals surface area contributed by atoms with Crippen molar-refractivity contribution < 1.29 is 10.6 Å². The molecule has 5 rings (SSSR count). The third-order valence-corrected chi connectivity index (χ3v) is 5.61. The van der Waals surface area contributed by atoms with Crippen molar-refractivity contribution in [2.45, 2.75) is 45.4 Å². The van der Waals surface area contributed by atoms with E-state index < -0.39 is 11.7 Å². The van der Waals surface area contributed by atoms with Crippen LogP contribution in [0.1, 0.15) is 66.0 Å². The lowest BCUT2D eigenvalue weighted by Gasteiger charge is -2.11. The summed E-state index contributed by atoms with van der Waals surface area (Å²) in [7, 11) is 0. The number of pyridine rings is 1. The second-order valence-corrected chi connectivity index (χ2v) is 8.61. The Morgan fingerprint density at radius 1 is 1.30 bits per heavy atom. The number of aromatic nitrogens is 6. The number of H-pyrrole nitrogens is 1. The maximum absolute atomic E-state index is 14.8. The molecule has 1 saturated carbocycles. The molecule has 2 N–H and O–H groups in total. The van der Waals surface area contributed by atoms with Crippen molar-refractivity contribution in [2.75, 3.05) is 5.32 Å². The first-order valence-electron chi connectivity index (χ1n) is 11.3. The van der Waals surface area contributed by atoms with E-state index in [1.165, 1.54) is 12.1 Å². The van der Waals surface area contributed by atoms with E-state index in [9.17, 15) is 9.18 Å². The van der Waals surface area contributed by atoms with Crippen LogP contribution in [0.2, 0.25) is 1.41 Å². The molecule has 4 aromatic rings. The number of benzene rings is 1. The fraction of sp³-hybridized carbons (Fsp3) is 0.292. The molecule has 0 atom stereocenters. The van der Waals surface area contributed by atoms with Crippen LogP contribution >= 0.6 is 0 Å². The van der Waals surface area contributed by atoms with Crippen LogP contribution in [0.25, 0.3) is 17.2 Å². The Kier molecular flexibility index (Phi) is 4.93. The van der Waals surface area contributed by atoms with Crippen molar-refractivity contribution in [1.82, 2.24) is 29.7 Å². The lowest BCUT2D eigenvalue weighted by atomic mass is 10.1. The zero-order valence-electron chi connectivity index (χ0n) is 19.6. The van der Waals surface area contributed by atoms with Gasteiger partial charge in [0.25, 0.3) is 5.91 Å². The highest BCUT2D eigenvalue weighted by Crippen LogP contribution is 2.39. The summed E-state index contributed by atoms with van der Waals surface area (Å²) in [6, 6.07) is 7.83. The molecule has 3 aromatic heterocycles. The van der Waals surface area contributed by atoms with Crippen LogP contribution in [0.3, 0.4) is 0 Å². The van der Waals surface area contributed by atoms with E-state index >= 15 is 0 Å². The Balaban J connectivity index is 1.42. The topological polar surface area (TPSA) is 101 Å². The molecule has 0 aliphatic heterocycles. The van der Waals surface area contributed by atoms with Gasteiger partial charge >= 0.3 is 0 Å². The highest BCUT2D eigenvalue weighted by molar-refractivity contribution is 6.04. The largest absolute Gasteiger partial charge is 0.323 e. The molecule has 1 aliphatic carbocycles. The summed E-state index contributed by atoms with van der Waals surface area (Å²) in [5.41, 5.74) is 2.68. The van der Waals surface area contributed by atoms with Crippen molar-refractivity contribution in [2.24, 2.45) is 0 Å². The second-order valence-electron chi connectivity index (χ2n) is 8.61. The molecular weight excluding hydrogens is 421 g/mol. The Morgan fingerprint density at radius 2 is 2.12 bits per heavy atom. The molecule has 3 heterocycles. The van der Waals surface area contributed by atoms with Gasteiger partial charge in [-0.2, -0.15) is 0 Å². The van der Waals surface area contributed by atoms with Crippen LogP contribution in [0.15, 0.2) is 42.9 Å². The van der Waals surface area contributed by atoms with E-state index in [4.69, 9.17) is 1.41 Å². The van der Waals surface area contributed by atoms with Gasteiger partial charge < -0.3 is 14.9 Å². The van der Waals surface area contributed by atoms with Crippen LogP contribution < -0.4 is 5.32 Å². The summed E-state index contributed by atoms with van der Waals surface area (Å²) >= 11 is 0. The van der Waals surface area contributed by atoms with Crippen molar-refractivity contribution in [3.63, 3.8) is 0 Å². The summed E-state index contributed by atoms with van der Waals surface area (Å²) in [6.45, 7) is 5.64. The predicted molar refractivity (Wildman–Crippen MR) is 122 cm³/mol. The summed E-state index contributed by atoms with van der Waals surface area (Å²) in [5, 5.41) is 10.8. The van der Waals surface area contributed by atoms with Gasteiger partial charge in [0.15, 0.2) is 7.24 Å². The number of nitrogens with zero attached hydrogens (tertiary/aromatic N) is 5. The summed E-state index contributed by atoms with van der Waals surface area (Å²) < 4.78 is 24.8. The monoisotopic (exact) mass is 446 g/mol. The van der Waals surface area contributed by atoms with Crippen molar-refractivity contribution in [3.8, 4) is 17.2 Å². The summed E-state index contributed by atoms with van der Waals surface area (Å²) in [6.07, 6.45) is 5.90. The molecule has 0 saturated heterocycles. The number of aromatic amines is 1. The van der Waals surface area contributed by atoms with Gasteiger partial charge in [0, 0.05) is 18.0 Å². The normalized spacial score (nSPS) is 13.9. The van der Waals surface area contributed by atoms with Crippen molar-refractivity contribution in [1.29, 1.82) is 0 Å². The average molecular weight is 447 g/mol. The number of imidazole rings is 1. The Hall–Kier alpha value is -3.88. The highest BCUT2D eigenvalue weighted by atomic mass is 19.1. The Labute approximate surface area is 191 Å². The molecule has 0 spiro atoms. The summed E-state index contributed by atoms with van der Waals surface area (Å²) in [5.74, 6) is 0.258. The first kappa shape index (κ1) is 19.8. The van der Waals surface area contributed by atoms with E-state index in [-0.39, 0.29) is 23.1 Å². The number of hydrogen-bond donors (Lipinski definition) is 2. The van der Waals surface area contributed by atoms with Gasteiger partial charge in [-0.3, -0.25) is 4.79 Å². The first-order chi connectivity index (χ1) is 16.3. The zero-order valence-corrected chi connectivity index (χ0v) is 18.6. The van der Waals surface area contributed by atoms with Crippen LogP contribution in [-0.2, 0) is 0 Å². The zero-order chi connectivity index (χ0) is 24.0. The fourth-order valence-corrected chi connectivity index (χ4v) is 3.59. The molecule has 1 fully saturated rings. The predicted octanol–water partition coefficient (Wildman–Crippen LogP) is 4.75. The lowest BCUT2D eigenvalue weighted by Crippen LogP contribution is -2.16. The average Bonchev–Trinajstić information content (AvgIpc) is 3.39. The van der Waals surface area contributed by atoms with Crippen LogP contribution in [0, 0.1) is 12.7 Å². The van der Waals surface area contributed by atoms with E-state index in [0.717, 1.165) is 23.5 Å². The molecule has 1 aliphatic rings. The molecule has 0 bridgehead atoms. The number of halogens is 1. The van der Waals surface area contributed by atoms with Gasteiger partial charge in [0.05, 0.1) is 23.3 Å². The first-order valence-corrected chi connectivity index (χ1v) is 10.9. The molecular formula is C24H24FN7O. The van der Waals surface area contributed by atoms with Gasteiger partial charge in [-0.15, -0.1) is 10.2 Å². The quantitative estimate of drug-likeness (QED) is 0.445. The van der Waals surface area contributed by atoms with Crippen LogP contribution in [0.4, 0.5) is 10.2 Å². The molecule has 1 amide bonds. The van der Waals surface area contributed by atoms with E-state index in [1.54, 1.807) is 31.5 Å². The standard InChI is InChI=1S/C24H24FN7O/c1-13(2)22-29-23(31-30-22)18-5-4-6-21(27-18)28-24(33)16-10-20(14(3)9-17(16)25)32-11-19(26-12-32)15-7-8-15/h4-6,9-13,15H,7-8H2,1-3H3,(H,27,28,33)(H,29,30,31)/i/hD. The Bertz CT molecular complexity index is 1390. The Morgan fingerprint density at radius 3 is 2.85 bits per heavy atom. The van der Waals surface area contributed by atoms with Crippen molar-refractivity contribution >= 4 is 11.7 Å². The molecule has 168 valence electrons. The number of aryl methyl sites for hydroxylation is 1. The minimum atomic E-state index is -0.624. The van der Waals surface area contributed by atoms with Gasteiger partial charge in [-0.05, 0) is 49.6 Å².